The van der Waals surface area contributed by atoms with E-state index in [0.29, 0.717) is 172 Å². The Labute approximate surface area is 736 Å². The van der Waals surface area contributed by atoms with Crippen molar-refractivity contribution < 1.29 is 139 Å². The number of para-hydroxylation sites is 2. The van der Waals surface area contributed by atoms with E-state index >= 15 is 0 Å². The molecule has 9 atom stereocenters. The summed E-state index contributed by atoms with van der Waals surface area (Å²) in [6.45, 7) is 28.2. The predicted molar refractivity (Wildman–Crippen MR) is 473 cm³/mol. The Morgan fingerprint density at radius 2 is 0.650 bits per heavy atom. The van der Waals surface area contributed by atoms with E-state index in [1.807, 2.05) is 166 Å². The van der Waals surface area contributed by atoms with Crippen LogP contribution >= 0.6 is 28.1 Å². The first-order valence-electron chi connectivity index (χ1n) is 42.6. The van der Waals surface area contributed by atoms with Crippen LogP contribution in [0.5, 0.6) is 11.5 Å². The number of rotatable bonds is 58. The van der Waals surface area contributed by atoms with Gasteiger partial charge in [-0.15, -0.1) is 13.8 Å². The fourth-order valence-electron chi connectivity index (χ4n) is 12.3. The molecule has 123 heavy (non-hydrogen) atoms. The largest absolute Gasteiger partial charge is 0.695 e. The van der Waals surface area contributed by atoms with Crippen molar-refractivity contribution in [1.82, 2.24) is 0 Å². The van der Waals surface area contributed by atoms with Gasteiger partial charge in [-0.3, -0.25) is 28.3 Å². The quantitative estimate of drug-likeness (QED) is 0.00371. The lowest BCUT2D eigenvalue weighted by atomic mass is 9.85. The molecule has 29 nitrogen and oxygen atoms in total. The summed E-state index contributed by atoms with van der Waals surface area (Å²) in [5.74, 6) is -0.166. The second-order valence-electron chi connectivity index (χ2n) is 37.0. The maximum absolute atomic E-state index is 12.5. The Balaban J connectivity index is 0.000000832. The van der Waals surface area contributed by atoms with E-state index in [1.54, 1.807) is 52.0 Å². The number of phosphoric ester groups is 1. The van der Waals surface area contributed by atoms with Crippen LogP contribution in [-0.2, 0) is 79.5 Å². The van der Waals surface area contributed by atoms with Crippen molar-refractivity contribution >= 4 is 62.1 Å². The predicted octanol–water partition coefficient (Wildman–Crippen LogP) is 17.4. The fourth-order valence-corrected chi connectivity index (χ4v) is 14.3. The van der Waals surface area contributed by atoms with Gasteiger partial charge in [0.1, 0.15) is 30.3 Å². The molecule has 0 aliphatic heterocycles. The molecule has 0 bridgehead atoms. The van der Waals surface area contributed by atoms with E-state index in [4.69, 9.17) is 48.0 Å². The highest BCUT2D eigenvalue weighted by atomic mass is 32.2. The van der Waals surface area contributed by atoms with Crippen LogP contribution < -0.4 is 9.47 Å². The van der Waals surface area contributed by atoms with Crippen LogP contribution in [0.15, 0.2) is 121 Å². The van der Waals surface area contributed by atoms with Crippen molar-refractivity contribution in [3.05, 3.63) is 132 Å². The van der Waals surface area contributed by atoms with Crippen molar-refractivity contribution in [1.29, 1.82) is 0 Å². The van der Waals surface area contributed by atoms with Crippen LogP contribution in [0.25, 0.3) is 0 Å². The second-order valence-corrected chi connectivity index (χ2v) is 42.3. The van der Waals surface area contributed by atoms with Crippen LogP contribution in [0.4, 0.5) is 0 Å². The Morgan fingerprint density at radius 3 is 0.927 bits per heavy atom. The van der Waals surface area contributed by atoms with Crippen molar-refractivity contribution in [2.24, 2.45) is 21.7 Å². The van der Waals surface area contributed by atoms with Crippen LogP contribution in [-0.4, -0.2) is 167 Å². The van der Waals surface area contributed by atoms with Crippen molar-refractivity contribution in [3.63, 3.8) is 0 Å². The third-order valence-corrected chi connectivity index (χ3v) is 25.0. The van der Waals surface area contributed by atoms with Gasteiger partial charge in [0.2, 0.25) is 0 Å². The van der Waals surface area contributed by atoms with Crippen LogP contribution in [0, 0.1) is 21.7 Å². The lowest BCUT2D eigenvalue weighted by Crippen LogP contribution is -2.32. The van der Waals surface area contributed by atoms with E-state index < -0.39 is 113 Å². The molecule has 0 radical (unpaired) electrons. The molecular formula is C90H149O29P2S2+. The molecule has 4 rings (SSSR count). The molecule has 4 aromatic rings. The van der Waals surface area contributed by atoms with E-state index in [9.17, 15) is 77.6 Å². The van der Waals surface area contributed by atoms with Crippen LogP contribution in [0.1, 0.15) is 302 Å². The molecule has 704 valence electrons. The number of aliphatic hydroxyl groups excluding tert-OH is 8. The molecule has 0 saturated carbocycles. The van der Waals surface area contributed by atoms with Crippen LogP contribution in [0.2, 0.25) is 0 Å². The molecule has 0 saturated heterocycles. The Hall–Kier alpha value is -5.29. The lowest BCUT2D eigenvalue weighted by Gasteiger charge is -2.26. The number of carbonyl (C=O) groups excluding carboxylic acids is 4. The molecule has 0 spiro atoms. The maximum atomic E-state index is 12.5. The summed E-state index contributed by atoms with van der Waals surface area (Å²) >= 11 is 0.967. The van der Waals surface area contributed by atoms with Crippen LogP contribution in [0.3, 0.4) is 0 Å². The minimum absolute atomic E-state index is 0.161. The number of ether oxygens (including phenoxy) is 4. The number of hydrogen-bond acceptors (Lipinski definition) is 26. The fraction of sp³-hybridized carbons (Fsp3) is 0.689. The van der Waals surface area contributed by atoms with E-state index in [2.05, 4.69) is 13.9 Å². The SMILES string of the molecule is CC(C)(CCC(O)CCCC(O)CCC(C)(C)C(=O)OCc1ccccc1)C(=O)OCc1ccccc1.CC(C)(CCC(O)CCCC(O)CCC(C)(C)C(=O)Oc1ccccc1)C(=O)Oc1ccccc1.CC(C)(CCC(O)CCCC(O)CCC(C)(C)OP(=O)(O)O)O[P+](=O)O.CC(C)(CCC(O)CCCC(O)CCC(C)(C)S(=O)(=O)O)SOOO. The third-order valence-electron chi connectivity index (χ3n) is 21.3. The lowest BCUT2D eigenvalue weighted by molar-refractivity contribution is -0.432. The second kappa shape index (κ2) is 57.6. The minimum Gasteiger partial charge on any atom is -0.460 e. The molecule has 4 aromatic carbocycles. The molecule has 9 unspecified atom stereocenters. The molecular weight excluding hydrogens is 1670 g/mol. The first-order valence-corrected chi connectivity index (χ1v) is 47.4. The standard InChI is InChI=1S/C31H44O6.C29H40O6.C15H32O9P2.C15H32O8S2/c1-30(2,28(34)36-22-24-12-7-5-8-13-24)20-18-26(32)16-11-17-27(33)19-21-31(3,4)29(35)37-23-25-14-9-6-10-15-25;1-28(2,26(32)34-24-14-7-5-8-15-24)20-18-22(30)12-11-13-23(31)19-21-29(3,4)27(33)35-25-16-9-6-10-17-25;1-14(2,23-25(18)19)10-8-12(16)6-5-7-13(17)9-11-15(3,4)24-26(20,21)22;1-14(2,24-23-22-18)10-8-12(16)6-5-7-13(17)9-11-15(3,4)25(19,20)21/h5-10,12-15,26-27,32-33H,11,16-23H2,1-4H3;5-10,14-17,22-23,30-31H,11-13,18-21H2,1-4H3;12-13,16-17H,5-11H2,1-4H3,(H2-,18,19,20,21,22);12-13,16-18H,5-11H2,1-4H3,(H,19,20,21)/p+1. The van der Waals surface area contributed by atoms with Crippen molar-refractivity contribution in [3.8, 4) is 11.5 Å². The van der Waals surface area contributed by atoms with Gasteiger partial charge in [-0.2, -0.15) is 8.42 Å². The monoisotopic (exact) mass is 1820 g/mol. The summed E-state index contributed by atoms with van der Waals surface area (Å²) in [5, 5.41) is 93.1. The highest BCUT2D eigenvalue weighted by Gasteiger charge is 2.37. The molecule has 13 N–H and O–H groups in total. The van der Waals surface area contributed by atoms with Gasteiger partial charge in [-0.1, -0.05) is 102 Å². The molecule has 0 aromatic heterocycles. The summed E-state index contributed by atoms with van der Waals surface area (Å²) in [6.07, 6.45) is 9.00. The highest BCUT2D eigenvalue weighted by Crippen LogP contribution is 2.43. The highest BCUT2D eigenvalue weighted by molar-refractivity contribution is 7.95. The maximum Gasteiger partial charge on any atom is 0.695 e. The zero-order valence-corrected chi connectivity index (χ0v) is 78.9. The Bertz CT molecular complexity index is 3580. The van der Waals surface area contributed by atoms with E-state index in [-0.39, 0.29) is 61.1 Å². The summed E-state index contributed by atoms with van der Waals surface area (Å²) in [6, 6.07) is 37.0. The Morgan fingerprint density at radius 1 is 0.390 bits per heavy atom. The van der Waals surface area contributed by atoms with Gasteiger partial charge in [0.15, 0.2) is 0 Å². The summed E-state index contributed by atoms with van der Waals surface area (Å²) in [5.41, 5.74) is -2.75. The third kappa shape index (κ3) is 55.9. The van der Waals surface area contributed by atoms with Gasteiger partial charge in [-0.25, -0.2) is 9.82 Å². The van der Waals surface area contributed by atoms with Crippen molar-refractivity contribution in [2.45, 2.75) is 373 Å². The molecule has 0 amide bonds. The number of benzene rings is 4. The Kier molecular flexibility index (Phi) is 54.2. The first kappa shape index (κ1) is 116. The van der Waals surface area contributed by atoms with Gasteiger partial charge in [0, 0.05) is 21.4 Å². The average molecular weight is 1820 g/mol. The summed E-state index contributed by atoms with van der Waals surface area (Å²) < 4.78 is 87.2. The first-order chi connectivity index (χ1) is 56.9. The van der Waals surface area contributed by atoms with Gasteiger partial charge in [0.25, 0.3) is 10.1 Å². The van der Waals surface area contributed by atoms with E-state index in [0.717, 1.165) is 23.2 Å². The molecule has 0 heterocycles. The zero-order chi connectivity index (χ0) is 93.5. The molecule has 33 heteroatoms. The smallest absolute Gasteiger partial charge is 0.460 e. The van der Waals surface area contributed by atoms with Crippen molar-refractivity contribution in [2.75, 3.05) is 0 Å². The van der Waals surface area contributed by atoms with Gasteiger partial charge >= 0.3 is 40.0 Å². The minimum atomic E-state index is -4.57. The zero-order valence-electron chi connectivity index (χ0n) is 75.4. The number of hydrogen-bond donors (Lipinski definition) is 13. The number of carbonyl (C=O) groups is 4. The number of phosphoric acid groups is 1. The molecule has 0 aliphatic carbocycles. The van der Waals surface area contributed by atoms with Gasteiger partial charge in [0.05, 0.1) is 80.8 Å². The average Bonchev–Trinajstić information content (AvgIpc) is 0.844. The topological polar surface area (TPSA) is 473 Å². The summed E-state index contributed by atoms with van der Waals surface area (Å²) in [7, 11) is -11.4. The number of aliphatic hydroxyl groups is 8. The molecule has 0 fully saturated rings. The molecule has 0 aliphatic rings. The van der Waals surface area contributed by atoms with Gasteiger partial charge in [-0.05, 0) is 326 Å². The van der Waals surface area contributed by atoms with Gasteiger partial charge < -0.3 is 69.6 Å². The summed E-state index contributed by atoms with van der Waals surface area (Å²) in [4.78, 5) is 76.4. The van der Waals surface area contributed by atoms with E-state index in [1.165, 1.54) is 13.8 Å². The number of esters is 4. The normalized spacial score (nSPS) is 14.7.